The number of hydrogen-bond donors (Lipinski definition) is 1. The summed E-state index contributed by atoms with van der Waals surface area (Å²) in [5, 5.41) is 0. The number of primary amides is 1. The SMILES string of the molecule is [CH2]c1ccc(C(N)=O)c(OC)c1. The van der Waals surface area contributed by atoms with Gasteiger partial charge in [0.05, 0.1) is 12.7 Å². The van der Waals surface area contributed by atoms with Gasteiger partial charge in [-0.2, -0.15) is 0 Å². The molecule has 63 valence electrons. The van der Waals surface area contributed by atoms with Crippen LogP contribution in [0.5, 0.6) is 5.75 Å². The molecule has 0 aliphatic heterocycles. The van der Waals surface area contributed by atoms with Crippen LogP contribution in [0.2, 0.25) is 0 Å². The van der Waals surface area contributed by atoms with E-state index in [0.29, 0.717) is 11.3 Å². The molecule has 0 aromatic heterocycles. The molecule has 1 rings (SSSR count). The first-order chi connectivity index (χ1) is 5.65. The lowest BCUT2D eigenvalue weighted by Gasteiger charge is -2.05. The monoisotopic (exact) mass is 164 g/mol. The second-order valence-electron chi connectivity index (χ2n) is 2.40. The lowest BCUT2D eigenvalue weighted by Crippen LogP contribution is -2.12. The molecule has 0 heterocycles. The molecule has 3 nitrogen and oxygen atoms in total. The standard InChI is InChI=1S/C9H10NO2/c1-6-3-4-7(9(10)11)8(5-6)12-2/h3-5H,1H2,2H3,(H2,10,11). The number of carbonyl (C=O) groups excluding carboxylic acids is 1. The van der Waals surface area contributed by atoms with E-state index >= 15 is 0 Å². The van der Waals surface area contributed by atoms with E-state index < -0.39 is 5.91 Å². The van der Waals surface area contributed by atoms with Gasteiger partial charge in [-0.15, -0.1) is 0 Å². The number of ether oxygens (including phenoxy) is 1. The zero-order chi connectivity index (χ0) is 9.14. The fraction of sp³-hybridized carbons (Fsp3) is 0.111. The second-order valence-corrected chi connectivity index (χ2v) is 2.40. The highest BCUT2D eigenvalue weighted by Crippen LogP contribution is 2.18. The van der Waals surface area contributed by atoms with Crippen molar-refractivity contribution in [2.75, 3.05) is 7.11 Å². The van der Waals surface area contributed by atoms with Gasteiger partial charge in [0.2, 0.25) is 0 Å². The Morgan fingerprint density at radius 2 is 2.25 bits per heavy atom. The van der Waals surface area contributed by atoms with Gasteiger partial charge in [-0.05, 0) is 24.6 Å². The van der Waals surface area contributed by atoms with Crippen molar-refractivity contribution in [2.45, 2.75) is 0 Å². The highest BCUT2D eigenvalue weighted by Gasteiger charge is 2.07. The molecule has 3 heteroatoms. The quantitative estimate of drug-likeness (QED) is 0.708. The van der Waals surface area contributed by atoms with Crippen LogP contribution in [0.25, 0.3) is 0 Å². The summed E-state index contributed by atoms with van der Waals surface area (Å²) in [6.07, 6.45) is 0. The predicted octanol–water partition coefficient (Wildman–Crippen LogP) is 0.976. The van der Waals surface area contributed by atoms with Gasteiger partial charge in [0, 0.05) is 0 Å². The van der Waals surface area contributed by atoms with Gasteiger partial charge in [0.1, 0.15) is 5.75 Å². The molecule has 1 aromatic rings. The highest BCUT2D eigenvalue weighted by atomic mass is 16.5. The maximum atomic E-state index is 10.8. The molecule has 2 N–H and O–H groups in total. The Morgan fingerprint density at radius 3 is 2.75 bits per heavy atom. The first-order valence-corrected chi connectivity index (χ1v) is 3.45. The summed E-state index contributed by atoms with van der Waals surface area (Å²) in [7, 11) is 1.49. The Bertz CT molecular complexity index is 307. The minimum atomic E-state index is -0.494. The zero-order valence-corrected chi connectivity index (χ0v) is 6.83. The Balaban J connectivity index is 3.20. The maximum Gasteiger partial charge on any atom is 0.252 e. The van der Waals surface area contributed by atoms with E-state index in [4.69, 9.17) is 10.5 Å². The van der Waals surface area contributed by atoms with Gasteiger partial charge in [0.15, 0.2) is 0 Å². The van der Waals surface area contributed by atoms with Crippen molar-refractivity contribution in [2.24, 2.45) is 5.73 Å². The Hall–Kier alpha value is -1.51. The number of amides is 1. The normalized spacial score (nSPS) is 9.50. The van der Waals surface area contributed by atoms with Crippen LogP contribution in [0.1, 0.15) is 15.9 Å². The molecular weight excluding hydrogens is 154 g/mol. The average molecular weight is 164 g/mol. The second kappa shape index (κ2) is 3.26. The molecule has 0 unspecified atom stereocenters. The van der Waals surface area contributed by atoms with Crippen molar-refractivity contribution in [1.82, 2.24) is 0 Å². The molecular formula is C9H10NO2. The number of rotatable bonds is 2. The molecule has 0 saturated heterocycles. The number of methoxy groups -OCH3 is 1. The molecule has 0 saturated carbocycles. The topological polar surface area (TPSA) is 52.3 Å². The number of hydrogen-bond acceptors (Lipinski definition) is 2. The van der Waals surface area contributed by atoms with Crippen molar-refractivity contribution in [3.63, 3.8) is 0 Å². The Morgan fingerprint density at radius 1 is 1.58 bits per heavy atom. The summed E-state index contributed by atoms with van der Waals surface area (Å²) in [6, 6.07) is 4.98. The molecule has 0 aliphatic carbocycles. The Kier molecular flexibility index (Phi) is 2.33. The van der Waals surface area contributed by atoms with Crippen LogP contribution in [0.3, 0.4) is 0 Å². The van der Waals surface area contributed by atoms with E-state index in [1.807, 2.05) is 0 Å². The number of nitrogens with two attached hydrogens (primary N) is 1. The van der Waals surface area contributed by atoms with Crippen molar-refractivity contribution in [1.29, 1.82) is 0 Å². The highest BCUT2D eigenvalue weighted by molar-refractivity contribution is 5.95. The summed E-state index contributed by atoms with van der Waals surface area (Å²) in [5.74, 6) is -0.0261. The van der Waals surface area contributed by atoms with Crippen LogP contribution in [-0.4, -0.2) is 13.0 Å². The third-order valence-electron chi connectivity index (χ3n) is 1.53. The summed E-state index contributed by atoms with van der Waals surface area (Å²) in [4.78, 5) is 10.8. The fourth-order valence-electron chi connectivity index (χ4n) is 0.939. The fourth-order valence-corrected chi connectivity index (χ4v) is 0.939. The summed E-state index contributed by atoms with van der Waals surface area (Å²) < 4.78 is 4.95. The minimum Gasteiger partial charge on any atom is -0.496 e. The van der Waals surface area contributed by atoms with Gasteiger partial charge in [-0.3, -0.25) is 4.79 Å². The van der Waals surface area contributed by atoms with E-state index in [1.165, 1.54) is 7.11 Å². The lowest BCUT2D eigenvalue weighted by molar-refractivity contribution is 0.0997. The smallest absolute Gasteiger partial charge is 0.252 e. The molecule has 1 amide bonds. The van der Waals surface area contributed by atoms with E-state index in [2.05, 4.69) is 6.92 Å². The van der Waals surface area contributed by atoms with E-state index in [9.17, 15) is 4.79 Å². The van der Waals surface area contributed by atoms with E-state index in [0.717, 1.165) is 5.56 Å². The Labute approximate surface area is 71.1 Å². The van der Waals surface area contributed by atoms with E-state index in [-0.39, 0.29) is 0 Å². The third kappa shape index (κ3) is 1.56. The van der Waals surface area contributed by atoms with Gasteiger partial charge in [0.25, 0.3) is 5.91 Å². The zero-order valence-electron chi connectivity index (χ0n) is 6.83. The summed E-state index contributed by atoms with van der Waals surface area (Å²) in [6.45, 7) is 3.70. The van der Waals surface area contributed by atoms with Gasteiger partial charge in [-0.1, -0.05) is 6.07 Å². The lowest BCUT2D eigenvalue weighted by atomic mass is 10.1. The number of carbonyl (C=O) groups is 1. The van der Waals surface area contributed by atoms with Gasteiger partial charge >= 0.3 is 0 Å². The van der Waals surface area contributed by atoms with Crippen LogP contribution >= 0.6 is 0 Å². The van der Waals surface area contributed by atoms with Crippen LogP contribution in [-0.2, 0) is 0 Å². The number of benzene rings is 1. The molecule has 12 heavy (non-hydrogen) atoms. The van der Waals surface area contributed by atoms with Gasteiger partial charge < -0.3 is 10.5 Å². The van der Waals surface area contributed by atoms with Crippen molar-refractivity contribution < 1.29 is 9.53 Å². The maximum absolute atomic E-state index is 10.8. The molecule has 0 fully saturated rings. The third-order valence-corrected chi connectivity index (χ3v) is 1.53. The molecule has 0 atom stereocenters. The summed E-state index contributed by atoms with van der Waals surface area (Å²) >= 11 is 0. The first kappa shape index (κ1) is 8.59. The average Bonchev–Trinajstić information content (AvgIpc) is 2.03. The molecule has 0 spiro atoms. The summed E-state index contributed by atoms with van der Waals surface area (Å²) in [5.41, 5.74) is 6.27. The minimum absolute atomic E-state index is 0.380. The van der Waals surface area contributed by atoms with Crippen molar-refractivity contribution >= 4 is 5.91 Å². The molecule has 1 radical (unpaired) electrons. The van der Waals surface area contributed by atoms with Crippen LogP contribution < -0.4 is 10.5 Å². The largest absolute Gasteiger partial charge is 0.496 e. The molecule has 1 aromatic carbocycles. The predicted molar refractivity (Wildman–Crippen MR) is 46.0 cm³/mol. The molecule has 0 aliphatic rings. The van der Waals surface area contributed by atoms with E-state index in [1.54, 1.807) is 18.2 Å². The van der Waals surface area contributed by atoms with Crippen LogP contribution in [0.15, 0.2) is 18.2 Å². The van der Waals surface area contributed by atoms with Crippen LogP contribution in [0.4, 0.5) is 0 Å². The molecule has 0 bridgehead atoms. The van der Waals surface area contributed by atoms with Crippen molar-refractivity contribution in [3.8, 4) is 5.75 Å². The first-order valence-electron chi connectivity index (χ1n) is 3.45. The van der Waals surface area contributed by atoms with Gasteiger partial charge in [-0.25, -0.2) is 0 Å². The van der Waals surface area contributed by atoms with Crippen LogP contribution in [0, 0.1) is 6.92 Å². The van der Waals surface area contributed by atoms with Crippen molar-refractivity contribution in [3.05, 3.63) is 36.2 Å².